The number of rotatable bonds is 12. The normalized spacial score (nSPS) is 11.5. The molecule has 0 saturated heterocycles. The molecule has 2 aromatic rings. The molecule has 0 heterocycles. The molecule has 0 bridgehead atoms. The number of hydrogen-bond acceptors (Lipinski definition) is 4. The van der Waals surface area contributed by atoms with Crippen LogP contribution in [0.2, 0.25) is 0 Å². The molecular weight excluding hydrogens is 368 g/mol. The van der Waals surface area contributed by atoms with Gasteiger partial charge >= 0.3 is 0 Å². The summed E-state index contributed by atoms with van der Waals surface area (Å²) in [5.74, 6) is 0.189. The Morgan fingerprint density at radius 3 is 2.34 bits per heavy atom. The van der Waals surface area contributed by atoms with Crippen LogP contribution in [0.15, 0.2) is 60.7 Å². The van der Waals surface area contributed by atoms with Gasteiger partial charge in [0.25, 0.3) is 5.91 Å². The molecule has 2 rings (SSSR count). The number of benzene rings is 2. The largest absolute Gasteiger partial charge is 0.484 e. The smallest absolute Gasteiger partial charge is 0.261 e. The highest BCUT2D eigenvalue weighted by Crippen LogP contribution is 2.12. The first-order chi connectivity index (χ1) is 14.1. The Morgan fingerprint density at radius 1 is 1.03 bits per heavy atom. The van der Waals surface area contributed by atoms with Crippen LogP contribution in [0.5, 0.6) is 5.75 Å². The lowest BCUT2D eigenvalue weighted by atomic mass is 10.1. The van der Waals surface area contributed by atoms with E-state index >= 15 is 0 Å². The van der Waals surface area contributed by atoms with Crippen molar-refractivity contribution in [1.82, 2.24) is 10.2 Å². The summed E-state index contributed by atoms with van der Waals surface area (Å²) in [4.78, 5) is 27.0. The molecule has 0 spiro atoms. The molecule has 29 heavy (non-hydrogen) atoms. The maximum absolute atomic E-state index is 12.9. The summed E-state index contributed by atoms with van der Waals surface area (Å²) in [6.45, 7) is 5.65. The summed E-state index contributed by atoms with van der Waals surface area (Å²) in [5, 5.41) is 2.88. The third kappa shape index (κ3) is 7.95. The minimum Gasteiger partial charge on any atom is -0.484 e. The Kier molecular flexibility index (Phi) is 9.72. The summed E-state index contributed by atoms with van der Waals surface area (Å²) in [6.07, 6.45) is 0.732. The molecule has 2 amide bonds. The monoisotopic (exact) mass is 398 g/mol. The van der Waals surface area contributed by atoms with Crippen LogP contribution in [-0.4, -0.2) is 49.1 Å². The molecule has 0 aliphatic heterocycles. The fourth-order valence-corrected chi connectivity index (χ4v) is 2.79. The highest BCUT2D eigenvalue weighted by molar-refractivity contribution is 5.87. The van der Waals surface area contributed by atoms with Crippen molar-refractivity contribution in [3.8, 4) is 5.75 Å². The summed E-state index contributed by atoms with van der Waals surface area (Å²) in [5.41, 5.74) is 0.955. The number of nitrogens with one attached hydrogen (secondary N) is 1. The third-order valence-electron chi connectivity index (χ3n) is 4.44. The Hall–Kier alpha value is -2.86. The highest BCUT2D eigenvalue weighted by Gasteiger charge is 2.26. The number of amides is 2. The van der Waals surface area contributed by atoms with Crippen LogP contribution in [0.1, 0.15) is 25.8 Å². The Bertz CT molecular complexity index is 737. The van der Waals surface area contributed by atoms with Gasteiger partial charge in [-0.05, 0) is 38.0 Å². The predicted octanol–water partition coefficient (Wildman–Crippen LogP) is 3.03. The van der Waals surface area contributed by atoms with Crippen molar-refractivity contribution < 1.29 is 19.1 Å². The maximum atomic E-state index is 12.9. The van der Waals surface area contributed by atoms with Gasteiger partial charge in [0.05, 0.1) is 0 Å². The lowest BCUT2D eigenvalue weighted by molar-refractivity contribution is -0.142. The van der Waals surface area contributed by atoms with Gasteiger partial charge in [-0.25, -0.2) is 0 Å². The molecule has 0 fully saturated rings. The number of carbonyl (C=O) groups is 2. The summed E-state index contributed by atoms with van der Waals surface area (Å²) in [6, 6.07) is 18.2. The van der Waals surface area contributed by atoms with E-state index in [4.69, 9.17) is 9.47 Å². The van der Waals surface area contributed by atoms with E-state index in [0.29, 0.717) is 32.1 Å². The second kappa shape index (κ2) is 12.6. The van der Waals surface area contributed by atoms with E-state index in [2.05, 4.69) is 5.32 Å². The lowest BCUT2D eigenvalue weighted by Crippen LogP contribution is -2.49. The molecule has 0 aliphatic carbocycles. The second-order valence-corrected chi connectivity index (χ2v) is 6.63. The van der Waals surface area contributed by atoms with Crippen LogP contribution >= 0.6 is 0 Å². The fourth-order valence-electron chi connectivity index (χ4n) is 2.79. The van der Waals surface area contributed by atoms with Gasteiger partial charge in [-0.2, -0.15) is 0 Å². The van der Waals surface area contributed by atoms with Gasteiger partial charge in [0.2, 0.25) is 5.91 Å². The van der Waals surface area contributed by atoms with Crippen LogP contribution in [-0.2, 0) is 20.9 Å². The number of hydrogen-bond donors (Lipinski definition) is 1. The van der Waals surface area contributed by atoms with Crippen molar-refractivity contribution >= 4 is 11.8 Å². The van der Waals surface area contributed by atoms with Crippen molar-refractivity contribution in [3.63, 3.8) is 0 Å². The quantitative estimate of drug-likeness (QED) is 0.558. The van der Waals surface area contributed by atoms with E-state index in [1.54, 1.807) is 24.0 Å². The SMILES string of the molecule is CCOCCCNC(=O)[C@@H](C)N(Cc1ccccc1)C(=O)COc1ccccc1. The fraction of sp³-hybridized carbons (Fsp3) is 0.391. The average Bonchev–Trinajstić information content (AvgIpc) is 2.76. The van der Waals surface area contributed by atoms with Crippen LogP contribution < -0.4 is 10.1 Å². The Balaban J connectivity index is 1.99. The standard InChI is InChI=1S/C23H30N2O4/c1-3-28-16-10-15-24-23(27)19(2)25(17-20-11-6-4-7-12-20)22(26)18-29-21-13-8-5-9-14-21/h4-9,11-14,19H,3,10,15-18H2,1-2H3,(H,24,27)/t19-/m1/s1. The molecule has 6 nitrogen and oxygen atoms in total. The minimum atomic E-state index is -0.617. The zero-order valence-corrected chi connectivity index (χ0v) is 17.2. The lowest BCUT2D eigenvalue weighted by Gasteiger charge is -2.28. The average molecular weight is 399 g/mol. The van der Waals surface area contributed by atoms with Gasteiger partial charge in [-0.1, -0.05) is 48.5 Å². The van der Waals surface area contributed by atoms with Gasteiger partial charge in [-0.15, -0.1) is 0 Å². The molecule has 1 atom stereocenters. The molecule has 0 saturated carbocycles. The van der Waals surface area contributed by atoms with E-state index in [0.717, 1.165) is 12.0 Å². The van der Waals surface area contributed by atoms with Crippen molar-refractivity contribution in [2.24, 2.45) is 0 Å². The summed E-state index contributed by atoms with van der Waals surface area (Å²) < 4.78 is 10.9. The topological polar surface area (TPSA) is 67.9 Å². The zero-order valence-electron chi connectivity index (χ0n) is 17.2. The minimum absolute atomic E-state index is 0.126. The van der Waals surface area contributed by atoms with E-state index < -0.39 is 6.04 Å². The van der Waals surface area contributed by atoms with Crippen molar-refractivity contribution in [2.45, 2.75) is 32.9 Å². The van der Waals surface area contributed by atoms with Gasteiger partial charge in [0.15, 0.2) is 6.61 Å². The summed E-state index contributed by atoms with van der Waals surface area (Å²) in [7, 11) is 0. The molecule has 156 valence electrons. The number of ether oxygens (including phenoxy) is 2. The van der Waals surface area contributed by atoms with Crippen LogP contribution in [0.3, 0.4) is 0 Å². The van der Waals surface area contributed by atoms with Gasteiger partial charge in [0.1, 0.15) is 11.8 Å². The second-order valence-electron chi connectivity index (χ2n) is 6.63. The molecule has 0 aliphatic rings. The Labute approximate surface area is 172 Å². The van der Waals surface area contributed by atoms with Crippen LogP contribution in [0.4, 0.5) is 0 Å². The zero-order chi connectivity index (χ0) is 20.9. The molecular formula is C23H30N2O4. The summed E-state index contributed by atoms with van der Waals surface area (Å²) >= 11 is 0. The molecule has 0 unspecified atom stereocenters. The number of carbonyl (C=O) groups excluding carboxylic acids is 2. The Morgan fingerprint density at radius 2 is 1.69 bits per heavy atom. The predicted molar refractivity (Wildman–Crippen MR) is 113 cm³/mol. The maximum Gasteiger partial charge on any atom is 0.261 e. The van der Waals surface area contributed by atoms with Gasteiger partial charge in [-0.3, -0.25) is 9.59 Å². The van der Waals surface area contributed by atoms with Crippen LogP contribution in [0, 0.1) is 0 Å². The highest BCUT2D eigenvalue weighted by atomic mass is 16.5. The number of para-hydroxylation sites is 1. The van der Waals surface area contributed by atoms with Crippen LogP contribution in [0.25, 0.3) is 0 Å². The molecule has 1 N–H and O–H groups in total. The van der Waals surface area contributed by atoms with E-state index in [9.17, 15) is 9.59 Å². The van der Waals surface area contributed by atoms with E-state index in [1.807, 2.05) is 55.5 Å². The van der Waals surface area contributed by atoms with Gasteiger partial charge < -0.3 is 19.7 Å². The first kappa shape index (κ1) is 22.4. The van der Waals surface area contributed by atoms with Crippen molar-refractivity contribution in [1.29, 1.82) is 0 Å². The van der Waals surface area contributed by atoms with Crippen molar-refractivity contribution in [3.05, 3.63) is 66.2 Å². The molecule has 2 aromatic carbocycles. The molecule has 6 heteroatoms. The number of nitrogens with zero attached hydrogens (tertiary/aromatic N) is 1. The molecule has 0 radical (unpaired) electrons. The molecule has 0 aromatic heterocycles. The third-order valence-corrected chi connectivity index (χ3v) is 4.44. The van der Waals surface area contributed by atoms with Crippen molar-refractivity contribution in [2.75, 3.05) is 26.4 Å². The van der Waals surface area contributed by atoms with E-state index in [1.165, 1.54) is 0 Å². The first-order valence-corrected chi connectivity index (χ1v) is 9.98. The van der Waals surface area contributed by atoms with Gasteiger partial charge in [0, 0.05) is 26.3 Å². The van der Waals surface area contributed by atoms with E-state index in [-0.39, 0.29) is 18.4 Å². The first-order valence-electron chi connectivity index (χ1n) is 9.98.